The van der Waals surface area contributed by atoms with Crippen molar-refractivity contribution >= 4 is 44.9 Å². The van der Waals surface area contributed by atoms with Crippen molar-refractivity contribution in [3.05, 3.63) is 76.6 Å². The predicted octanol–water partition coefficient (Wildman–Crippen LogP) is 4.82. The molecule has 1 amide bonds. The maximum Gasteiger partial charge on any atom is 0.338 e. The van der Waals surface area contributed by atoms with Crippen LogP contribution in [0.5, 0.6) is 11.5 Å². The van der Waals surface area contributed by atoms with Crippen LogP contribution < -0.4 is 19.1 Å². The number of amides is 1. The molecule has 0 aliphatic rings. The van der Waals surface area contributed by atoms with Gasteiger partial charge in [-0.05, 0) is 61.9 Å². The molecule has 0 spiro atoms. The number of carbonyl (C=O) groups is 2. The fourth-order valence-electron chi connectivity index (χ4n) is 3.48. The van der Waals surface area contributed by atoms with E-state index in [0.29, 0.717) is 17.0 Å². The number of hydrogen-bond acceptors (Lipinski definition) is 7. The molecule has 0 unspecified atom stereocenters. The molecule has 202 valence electrons. The quantitative estimate of drug-likeness (QED) is 0.352. The third kappa shape index (κ3) is 6.35. The first-order valence-corrected chi connectivity index (χ1v) is 13.1. The maximum atomic E-state index is 13.9. The van der Waals surface area contributed by atoms with Crippen LogP contribution in [0.2, 0.25) is 5.02 Å². The van der Waals surface area contributed by atoms with Crippen molar-refractivity contribution in [1.82, 2.24) is 0 Å². The van der Waals surface area contributed by atoms with Gasteiger partial charge in [-0.2, -0.15) is 0 Å². The van der Waals surface area contributed by atoms with Gasteiger partial charge in [0.05, 0.1) is 42.0 Å². The van der Waals surface area contributed by atoms with Crippen LogP contribution in [0.3, 0.4) is 0 Å². The number of esters is 1. The molecule has 0 aromatic heterocycles. The highest BCUT2D eigenvalue weighted by Gasteiger charge is 2.29. The van der Waals surface area contributed by atoms with Crippen LogP contribution in [0.25, 0.3) is 0 Å². The van der Waals surface area contributed by atoms with Gasteiger partial charge < -0.3 is 19.5 Å². The van der Waals surface area contributed by atoms with Crippen molar-refractivity contribution in [2.45, 2.75) is 18.7 Å². The van der Waals surface area contributed by atoms with Gasteiger partial charge in [-0.1, -0.05) is 17.7 Å². The van der Waals surface area contributed by atoms with Gasteiger partial charge in [-0.25, -0.2) is 17.6 Å². The smallest absolute Gasteiger partial charge is 0.338 e. The van der Waals surface area contributed by atoms with Crippen molar-refractivity contribution in [2.75, 3.05) is 37.0 Å². The molecule has 0 saturated carbocycles. The second-order valence-electron chi connectivity index (χ2n) is 7.93. The molecule has 3 aromatic carbocycles. The highest BCUT2D eigenvalue weighted by Crippen LogP contribution is 2.33. The highest BCUT2D eigenvalue weighted by molar-refractivity contribution is 7.92. The van der Waals surface area contributed by atoms with Crippen LogP contribution in [0.4, 0.5) is 15.8 Å². The minimum atomic E-state index is -4.39. The maximum absolute atomic E-state index is 13.9. The van der Waals surface area contributed by atoms with Gasteiger partial charge in [0.1, 0.15) is 12.4 Å². The van der Waals surface area contributed by atoms with Crippen molar-refractivity contribution in [3.8, 4) is 11.5 Å². The van der Waals surface area contributed by atoms with E-state index in [0.717, 1.165) is 16.4 Å². The van der Waals surface area contributed by atoms with E-state index in [1.54, 1.807) is 26.0 Å². The molecule has 0 aliphatic carbocycles. The average Bonchev–Trinajstić information content (AvgIpc) is 2.89. The minimum absolute atomic E-state index is 0.0432. The number of nitrogens with one attached hydrogen (secondary N) is 1. The SMILES string of the molecule is CCOC(=O)c1ccc(C)c(NC(=O)CN(c2ccc(F)c(Cl)c2)S(=O)(=O)c2ccc(OC)c(OC)c2)c1. The van der Waals surface area contributed by atoms with Crippen molar-refractivity contribution in [1.29, 1.82) is 0 Å². The molecule has 0 fully saturated rings. The summed E-state index contributed by atoms with van der Waals surface area (Å²) >= 11 is 5.92. The third-order valence-electron chi connectivity index (χ3n) is 5.44. The Labute approximate surface area is 225 Å². The Bertz CT molecular complexity index is 1460. The Morgan fingerprint density at radius 2 is 1.71 bits per heavy atom. The molecule has 0 aliphatic heterocycles. The summed E-state index contributed by atoms with van der Waals surface area (Å²) < 4.78 is 57.5. The molecule has 0 saturated heterocycles. The summed E-state index contributed by atoms with van der Waals surface area (Å²) in [6.45, 7) is 2.87. The zero-order valence-corrected chi connectivity index (χ0v) is 22.7. The van der Waals surface area contributed by atoms with Crippen LogP contribution in [0.15, 0.2) is 59.5 Å². The van der Waals surface area contributed by atoms with Crippen molar-refractivity contribution < 1.29 is 36.6 Å². The Morgan fingerprint density at radius 3 is 2.34 bits per heavy atom. The first-order valence-electron chi connectivity index (χ1n) is 11.3. The number of benzene rings is 3. The molecule has 3 aromatic rings. The fourth-order valence-corrected chi connectivity index (χ4v) is 5.08. The summed E-state index contributed by atoms with van der Waals surface area (Å²) in [5.74, 6) is -1.59. The number of rotatable bonds is 10. The fraction of sp³-hybridized carbons (Fsp3) is 0.231. The summed E-state index contributed by atoms with van der Waals surface area (Å²) in [5.41, 5.74) is 1.10. The Balaban J connectivity index is 2.00. The summed E-state index contributed by atoms with van der Waals surface area (Å²) in [7, 11) is -1.63. The molecular weight excluding hydrogens is 539 g/mol. The van der Waals surface area contributed by atoms with E-state index in [4.69, 9.17) is 25.8 Å². The predicted molar refractivity (Wildman–Crippen MR) is 141 cm³/mol. The summed E-state index contributed by atoms with van der Waals surface area (Å²) in [5, 5.41) is 2.31. The number of sulfonamides is 1. The topological polar surface area (TPSA) is 111 Å². The van der Waals surface area contributed by atoms with Gasteiger partial charge in [0, 0.05) is 11.8 Å². The van der Waals surface area contributed by atoms with Gasteiger partial charge in [0.15, 0.2) is 11.5 Å². The number of aryl methyl sites for hydroxylation is 1. The number of nitrogens with zero attached hydrogens (tertiary/aromatic N) is 1. The minimum Gasteiger partial charge on any atom is -0.493 e. The third-order valence-corrected chi connectivity index (χ3v) is 7.50. The Morgan fingerprint density at radius 1 is 1.00 bits per heavy atom. The van der Waals surface area contributed by atoms with E-state index < -0.39 is 34.3 Å². The van der Waals surface area contributed by atoms with Gasteiger partial charge in [-0.15, -0.1) is 0 Å². The van der Waals surface area contributed by atoms with E-state index in [1.165, 1.54) is 44.6 Å². The number of halogens is 2. The van der Waals surface area contributed by atoms with Crippen molar-refractivity contribution in [2.24, 2.45) is 0 Å². The van der Waals surface area contributed by atoms with Gasteiger partial charge in [0.25, 0.3) is 10.0 Å². The molecular formula is C26H26ClFN2O7S. The van der Waals surface area contributed by atoms with Crippen LogP contribution >= 0.6 is 11.6 Å². The second kappa shape index (κ2) is 12.1. The number of methoxy groups -OCH3 is 2. The molecule has 0 radical (unpaired) electrons. The van der Waals surface area contributed by atoms with Crippen LogP contribution in [-0.4, -0.2) is 47.7 Å². The molecule has 0 atom stereocenters. The van der Waals surface area contributed by atoms with Gasteiger partial charge in [-0.3, -0.25) is 9.10 Å². The largest absolute Gasteiger partial charge is 0.493 e. The molecule has 12 heteroatoms. The first-order chi connectivity index (χ1) is 18.0. The number of ether oxygens (including phenoxy) is 3. The number of carbonyl (C=O) groups excluding carboxylic acids is 2. The van der Waals surface area contributed by atoms with E-state index in [2.05, 4.69) is 5.32 Å². The number of anilines is 2. The highest BCUT2D eigenvalue weighted by atomic mass is 35.5. The molecule has 9 nitrogen and oxygen atoms in total. The summed E-state index contributed by atoms with van der Waals surface area (Å²) in [6, 6.07) is 11.9. The molecule has 0 heterocycles. The summed E-state index contributed by atoms with van der Waals surface area (Å²) in [6.07, 6.45) is 0. The lowest BCUT2D eigenvalue weighted by Crippen LogP contribution is -2.38. The Hall–Kier alpha value is -3.83. The molecule has 1 N–H and O–H groups in total. The molecule has 38 heavy (non-hydrogen) atoms. The van der Waals surface area contributed by atoms with E-state index >= 15 is 0 Å². The average molecular weight is 565 g/mol. The van der Waals surface area contributed by atoms with E-state index in [9.17, 15) is 22.4 Å². The lowest BCUT2D eigenvalue weighted by atomic mass is 10.1. The monoisotopic (exact) mass is 564 g/mol. The zero-order valence-electron chi connectivity index (χ0n) is 21.1. The second-order valence-corrected chi connectivity index (χ2v) is 10.2. The zero-order chi connectivity index (χ0) is 28.0. The molecule has 0 bridgehead atoms. The lowest BCUT2D eigenvalue weighted by molar-refractivity contribution is -0.114. The summed E-state index contributed by atoms with van der Waals surface area (Å²) in [4.78, 5) is 25.0. The number of hydrogen-bond donors (Lipinski definition) is 1. The van der Waals surface area contributed by atoms with Crippen molar-refractivity contribution in [3.63, 3.8) is 0 Å². The van der Waals surface area contributed by atoms with Gasteiger partial charge in [0.2, 0.25) is 5.91 Å². The van der Waals surface area contributed by atoms with Gasteiger partial charge >= 0.3 is 5.97 Å². The molecule has 3 rings (SSSR count). The van der Waals surface area contributed by atoms with Crippen LogP contribution in [0.1, 0.15) is 22.8 Å². The standard InChI is InChI=1S/C26H26ClFN2O7S/c1-5-37-26(32)17-7-6-16(2)22(12-17)29-25(31)15-30(18-8-10-21(28)20(27)13-18)38(33,34)19-9-11-23(35-3)24(14-19)36-4/h6-14H,5,15H2,1-4H3,(H,29,31). The Kier molecular flexibility index (Phi) is 9.18. The lowest BCUT2D eigenvalue weighted by Gasteiger charge is -2.25. The van der Waals surface area contributed by atoms with Crippen LogP contribution in [-0.2, 0) is 19.6 Å². The van der Waals surface area contributed by atoms with E-state index in [1.807, 2.05) is 0 Å². The first kappa shape index (κ1) is 28.7. The normalized spacial score (nSPS) is 11.0. The van der Waals surface area contributed by atoms with Crippen LogP contribution in [0, 0.1) is 12.7 Å². The van der Waals surface area contributed by atoms with E-state index in [-0.39, 0.29) is 33.5 Å².